The number of nitrogens with zero attached hydrogens (tertiary/aromatic N) is 1. The molecule has 0 saturated heterocycles. The maximum Gasteiger partial charge on any atom is 0.168 e. The Bertz CT molecular complexity index is 482. The molecule has 7 heteroatoms. The average molecular weight is 326 g/mol. The molecule has 98 valence electrons. The molecule has 0 atom stereocenters. The number of methoxy groups -OCH3 is 1. The summed E-state index contributed by atoms with van der Waals surface area (Å²) in [5, 5.41) is 1.41. The van der Waals surface area contributed by atoms with Gasteiger partial charge in [-0.2, -0.15) is 0 Å². The second-order valence-corrected chi connectivity index (χ2v) is 4.98. The van der Waals surface area contributed by atoms with E-state index in [1.54, 1.807) is 18.9 Å². The topological polar surface area (TPSA) is 37.9 Å². The molecule has 18 heavy (non-hydrogen) atoms. The van der Waals surface area contributed by atoms with Gasteiger partial charge < -0.3 is 9.72 Å². The van der Waals surface area contributed by atoms with Crippen LogP contribution in [0.2, 0.25) is 10.3 Å². The highest BCUT2D eigenvalue weighted by Crippen LogP contribution is 2.26. The van der Waals surface area contributed by atoms with E-state index in [0.29, 0.717) is 10.3 Å². The fourth-order valence-electron chi connectivity index (χ4n) is 1.25. The number of H-pyrrole nitrogens is 1. The molecule has 0 spiro atoms. The number of rotatable bonds is 4. The van der Waals surface area contributed by atoms with Crippen LogP contribution in [0.25, 0.3) is 0 Å². The molecule has 0 unspecified atom stereocenters. The van der Waals surface area contributed by atoms with Gasteiger partial charge in [0.15, 0.2) is 10.3 Å². The molecule has 0 radical (unpaired) electrons. The molecule has 1 N–H and O–H groups in total. The number of aromatic nitrogens is 2. The van der Waals surface area contributed by atoms with Crippen LogP contribution in [0.3, 0.4) is 0 Å². The van der Waals surface area contributed by atoms with Crippen molar-refractivity contribution < 1.29 is 4.74 Å². The number of benzene rings is 1. The van der Waals surface area contributed by atoms with Crippen molar-refractivity contribution in [3.8, 4) is 5.75 Å². The minimum atomic E-state index is 0. The zero-order valence-electron chi connectivity index (χ0n) is 9.44. The monoisotopic (exact) mass is 324 g/mol. The van der Waals surface area contributed by atoms with Gasteiger partial charge in [0.2, 0.25) is 0 Å². The molecule has 0 aliphatic carbocycles. The van der Waals surface area contributed by atoms with E-state index in [0.717, 1.165) is 16.7 Å². The number of hydrogen-bond acceptors (Lipinski definition) is 3. The third-order valence-electron chi connectivity index (χ3n) is 2.13. The quantitative estimate of drug-likeness (QED) is 0.845. The molecular formula is C11H11Cl3N2OS. The molecule has 0 aliphatic rings. The number of thioether (sulfide) groups is 1. The van der Waals surface area contributed by atoms with Crippen LogP contribution in [-0.4, -0.2) is 17.1 Å². The van der Waals surface area contributed by atoms with Gasteiger partial charge in [-0.1, -0.05) is 47.1 Å². The van der Waals surface area contributed by atoms with Crippen LogP contribution >= 0.6 is 47.4 Å². The first kappa shape index (κ1) is 15.5. The first-order valence-electron chi connectivity index (χ1n) is 4.86. The molecule has 0 fully saturated rings. The molecule has 0 saturated carbocycles. The van der Waals surface area contributed by atoms with E-state index in [1.807, 2.05) is 24.3 Å². The summed E-state index contributed by atoms with van der Waals surface area (Å²) in [5.41, 5.74) is 1.18. The number of hydrogen-bond donors (Lipinski definition) is 1. The Morgan fingerprint density at radius 2 is 1.94 bits per heavy atom. The second kappa shape index (κ2) is 7.14. The van der Waals surface area contributed by atoms with Crippen molar-refractivity contribution in [2.75, 3.05) is 7.11 Å². The number of ether oxygens (including phenoxy) is 1. The predicted molar refractivity (Wildman–Crippen MR) is 78.4 cm³/mol. The Labute approximate surface area is 126 Å². The molecule has 1 aromatic carbocycles. The molecule has 0 bridgehead atoms. The lowest BCUT2D eigenvalue weighted by Crippen LogP contribution is -1.84. The van der Waals surface area contributed by atoms with E-state index in [2.05, 4.69) is 9.97 Å². The number of imidazole rings is 1. The van der Waals surface area contributed by atoms with Crippen LogP contribution in [0.5, 0.6) is 5.75 Å². The molecule has 2 rings (SSSR count). The largest absolute Gasteiger partial charge is 0.497 e. The SMILES string of the molecule is COc1ccc(CSc2nc(Cl)c(Cl)[nH]2)cc1.Cl. The summed E-state index contributed by atoms with van der Waals surface area (Å²) in [6.45, 7) is 0. The summed E-state index contributed by atoms with van der Waals surface area (Å²) < 4.78 is 5.09. The summed E-state index contributed by atoms with van der Waals surface area (Å²) >= 11 is 13.1. The van der Waals surface area contributed by atoms with Crippen molar-refractivity contribution >= 4 is 47.4 Å². The van der Waals surface area contributed by atoms with Gasteiger partial charge in [-0.05, 0) is 17.7 Å². The van der Waals surface area contributed by atoms with Crippen LogP contribution in [0.4, 0.5) is 0 Å². The van der Waals surface area contributed by atoms with Crippen molar-refractivity contribution in [2.24, 2.45) is 0 Å². The third kappa shape index (κ3) is 3.99. The van der Waals surface area contributed by atoms with E-state index in [4.69, 9.17) is 27.9 Å². The van der Waals surface area contributed by atoms with Gasteiger partial charge in [0, 0.05) is 5.75 Å². The average Bonchev–Trinajstić information content (AvgIpc) is 2.67. The lowest BCUT2D eigenvalue weighted by atomic mass is 10.2. The van der Waals surface area contributed by atoms with Gasteiger partial charge in [0.1, 0.15) is 10.9 Å². The summed E-state index contributed by atoms with van der Waals surface area (Å²) in [7, 11) is 1.65. The van der Waals surface area contributed by atoms with E-state index in [9.17, 15) is 0 Å². The van der Waals surface area contributed by atoms with Crippen molar-refractivity contribution in [3.05, 3.63) is 40.1 Å². The minimum Gasteiger partial charge on any atom is -0.497 e. The second-order valence-electron chi connectivity index (χ2n) is 3.28. The highest BCUT2D eigenvalue weighted by molar-refractivity contribution is 7.98. The van der Waals surface area contributed by atoms with Crippen molar-refractivity contribution in [3.63, 3.8) is 0 Å². The molecule has 0 aliphatic heterocycles. The molecule has 0 amide bonds. The van der Waals surface area contributed by atoms with Crippen LogP contribution in [-0.2, 0) is 5.75 Å². The Morgan fingerprint density at radius 3 is 2.44 bits per heavy atom. The van der Waals surface area contributed by atoms with E-state index in [1.165, 1.54) is 5.56 Å². The number of nitrogens with one attached hydrogen (secondary N) is 1. The summed E-state index contributed by atoms with van der Waals surface area (Å²) in [6.07, 6.45) is 0. The van der Waals surface area contributed by atoms with Crippen LogP contribution in [0, 0.1) is 0 Å². The van der Waals surface area contributed by atoms with Crippen LogP contribution in [0.15, 0.2) is 29.4 Å². The van der Waals surface area contributed by atoms with Gasteiger partial charge in [-0.15, -0.1) is 12.4 Å². The van der Waals surface area contributed by atoms with Crippen molar-refractivity contribution in [1.82, 2.24) is 9.97 Å². The smallest absolute Gasteiger partial charge is 0.168 e. The zero-order chi connectivity index (χ0) is 12.3. The lowest BCUT2D eigenvalue weighted by Gasteiger charge is -2.01. The van der Waals surface area contributed by atoms with Gasteiger partial charge in [0.05, 0.1) is 7.11 Å². The summed E-state index contributed by atoms with van der Waals surface area (Å²) in [6, 6.07) is 7.88. The fraction of sp³-hybridized carbons (Fsp3) is 0.182. The highest BCUT2D eigenvalue weighted by Gasteiger charge is 2.06. The van der Waals surface area contributed by atoms with Gasteiger partial charge in [-0.25, -0.2) is 4.98 Å². The minimum absolute atomic E-state index is 0. The molecule has 1 heterocycles. The van der Waals surface area contributed by atoms with Gasteiger partial charge >= 0.3 is 0 Å². The van der Waals surface area contributed by atoms with Crippen LogP contribution < -0.4 is 4.74 Å². The van der Waals surface area contributed by atoms with Crippen molar-refractivity contribution in [1.29, 1.82) is 0 Å². The highest BCUT2D eigenvalue weighted by atomic mass is 35.5. The van der Waals surface area contributed by atoms with Crippen molar-refractivity contribution in [2.45, 2.75) is 10.9 Å². The van der Waals surface area contributed by atoms with Crippen LogP contribution in [0.1, 0.15) is 5.56 Å². The third-order valence-corrected chi connectivity index (χ3v) is 3.72. The Balaban J connectivity index is 0.00000162. The van der Waals surface area contributed by atoms with E-state index < -0.39 is 0 Å². The summed E-state index contributed by atoms with van der Waals surface area (Å²) in [4.78, 5) is 6.97. The Morgan fingerprint density at radius 1 is 1.28 bits per heavy atom. The molecule has 1 aromatic heterocycles. The number of halogens is 3. The van der Waals surface area contributed by atoms with Gasteiger partial charge in [0.25, 0.3) is 0 Å². The molecular weight excluding hydrogens is 315 g/mol. The van der Waals surface area contributed by atoms with Gasteiger partial charge in [-0.3, -0.25) is 0 Å². The predicted octanol–water partition coefficient (Wildman–Crippen LogP) is 4.44. The molecule has 2 aromatic rings. The first-order chi connectivity index (χ1) is 8.19. The first-order valence-corrected chi connectivity index (χ1v) is 6.60. The standard InChI is InChI=1S/C11H10Cl2N2OS.ClH/c1-16-8-4-2-7(3-5-8)6-17-11-14-9(12)10(13)15-11;/h2-5H,6H2,1H3,(H,14,15);1H. The summed E-state index contributed by atoms with van der Waals surface area (Å²) in [5.74, 6) is 1.65. The fourth-order valence-corrected chi connectivity index (χ4v) is 2.45. The van der Waals surface area contributed by atoms with E-state index >= 15 is 0 Å². The normalized spacial score (nSPS) is 9.94. The molecule has 3 nitrogen and oxygen atoms in total. The van der Waals surface area contributed by atoms with E-state index in [-0.39, 0.29) is 12.4 Å². The zero-order valence-corrected chi connectivity index (χ0v) is 12.6. The Hall–Kier alpha value is -0.550. The maximum atomic E-state index is 5.77. The Kier molecular flexibility index (Phi) is 6.15. The maximum absolute atomic E-state index is 5.77. The lowest BCUT2D eigenvalue weighted by molar-refractivity contribution is 0.414. The number of aromatic amines is 1.